The molecule has 2 aliphatic heterocycles. The van der Waals surface area contributed by atoms with E-state index in [1.165, 1.54) is 17.4 Å². The summed E-state index contributed by atoms with van der Waals surface area (Å²) in [4.78, 5) is 30.4. The first-order chi connectivity index (χ1) is 17.6. The molecule has 0 radical (unpaired) electrons. The van der Waals surface area contributed by atoms with E-state index in [1.54, 1.807) is 0 Å². The third-order valence-electron chi connectivity index (χ3n) is 7.01. The highest BCUT2D eigenvalue weighted by molar-refractivity contribution is 7.21. The minimum absolute atomic E-state index is 0.0307. The van der Waals surface area contributed by atoms with Gasteiger partial charge < -0.3 is 21.3 Å². The number of hydrogen-bond donors (Lipinski definition) is 4. The lowest BCUT2D eigenvalue weighted by atomic mass is 9.88. The molecule has 8 heteroatoms. The Hall–Kier alpha value is -3.75. The van der Waals surface area contributed by atoms with Crippen molar-refractivity contribution in [1.29, 1.82) is 0 Å². The van der Waals surface area contributed by atoms with Gasteiger partial charge in [0.1, 0.15) is 4.88 Å². The number of fused-ring (bicyclic) bond motifs is 5. The summed E-state index contributed by atoms with van der Waals surface area (Å²) in [5.41, 5.74) is 5.51. The lowest BCUT2D eigenvalue weighted by Crippen LogP contribution is -2.27. The van der Waals surface area contributed by atoms with Gasteiger partial charge in [0, 0.05) is 39.8 Å². The Balaban J connectivity index is 1.43. The minimum Gasteiger partial charge on any atom is -0.381 e. The van der Waals surface area contributed by atoms with Gasteiger partial charge in [-0.3, -0.25) is 9.59 Å². The van der Waals surface area contributed by atoms with Gasteiger partial charge in [0.15, 0.2) is 0 Å². The molecule has 0 atom stereocenters. The van der Waals surface area contributed by atoms with Crippen LogP contribution in [-0.2, 0) is 4.79 Å². The highest BCUT2D eigenvalue weighted by atomic mass is 32.1. The van der Waals surface area contributed by atoms with Crippen LogP contribution in [-0.4, -0.2) is 43.0 Å². The maximum absolute atomic E-state index is 12.5. The van der Waals surface area contributed by atoms with Crippen LogP contribution in [0, 0.1) is 0 Å². The molecule has 0 unspecified atom stereocenters. The summed E-state index contributed by atoms with van der Waals surface area (Å²) in [7, 11) is 0. The minimum atomic E-state index is -0.217. The van der Waals surface area contributed by atoms with E-state index in [1.807, 2.05) is 24.3 Å². The predicted octanol–water partition coefficient (Wildman–Crippen LogP) is 4.86. The SMILES string of the molecule is C=CC(=O)Nc1cc(-c2ccc3c(ccc4sc5c(c43)NCCNC5=O)n2)ccc1C1CCNCC1. The normalized spacial score (nSPS) is 16.2. The summed E-state index contributed by atoms with van der Waals surface area (Å²) in [6, 6.07) is 14.4. The molecule has 4 aromatic rings. The van der Waals surface area contributed by atoms with Gasteiger partial charge in [-0.15, -0.1) is 11.3 Å². The van der Waals surface area contributed by atoms with Crippen LogP contribution in [0.5, 0.6) is 0 Å². The molecular formula is C28H27N5O2S. The topological polar surface area (TPSA) is 95.2 Å². The second-order valence-electron chi connectivity index (χ2n) is 9.21. The maximum Gasteiger partial charge on any atom is 0.263 e. The molecule has 0 saturated carbocycles. The molecule has 6 rings (SSSR count). The first kappa shape index (κ1) is 22.7. The van der Waals surface area contributed by atoms with Gasteiger partial charge in [-0.2, -0.15) is 0 Å². The summed E-state index contributed by atoms with van der Waals surface area (Å²) < 4.78 is 1.06. The summed E-state index contributed by atoms with van der Waals surface area (Å²) >= 11 is 1.51. The number of benzene rings is 2. The molecule has 182 valence electrons. The van der Waals surface area contributed by atoms with Gasteiger partial charge in [0.05, 0.1) is 16.9 Å². The van der Waals surface area contributed by atoms with E-state index in [0.717, 1.165) is 80.0 Å². The quantitative estimate of drug-likeness (QED) is 0.302. The zero-order valence-corrected chi connectivity index (χ0v) is 20.6. The number of nitrogens with zero attached hydrogens (tertiary/aromatic N) is 1. The standard InChI is InChI=1S/C28H27N5O2S/c1-2-24(34)33-22-15-17(3-4-18(22)16-9-11-29-12-10-16)20-6-5-19-21(32-20)7-8-23-25(19)26-27(36-23)28(35)31-14-13-30-26/h2-8,15-16,29-30H,1,9-14H2,(H,31,35)(H,33,34). The van der Waals surface area contributed by atoms with Gasteiger partial charge >= 0.3 is 0 Å². The van der Waals surface area contributed by atoms with Crippen LogP contribution in [0.15, 0.2) is 55.1 Å². The smallest absolute Gasteiger partial charge is 0.263 e. The number of pyridine rings is 1. The number of amides is 2. The molecule has 2 aromatic heterocycles. The predicted molar refractivity (Wildman–Crippen MR) is 147 cm³/mol. The average molecular weight is 498 g/mol. The van der Waals surface area contributed by atoms with Gasteiger partial charge in [-0.1, -0.05) is 18.7 Å². The van der Waals surface area contributed by atoms with Crippen LogP contribution in [0.25, 0.3) is 32.2 Å². The molecule has 0 spiro atoms. The first-order valence-electron chi connectivity index (χ1n) is 12.3. The van der Waals surface area contributed by atoms with Gasteiger partial charge in [0.2, 0.25) is 5.91 Å². The largest absolute Gasteiger partial charge is 0.381 e. The van der Waals surface area contributed by atoms with E-state index >= 15 is 0 Å². The molecule has 7 nitrogen and oxygen atoms in total. The Morgan fingerprint density at radius 3 is 2.72 bits per heavy atom. The maximum atomic E-state index is 12.5. The number of hydrogen-bond acceptors (Lipinski definition) is 6. The fourth-order valence-corrected chi connectivity index (χ4v) is 6.34. The van der Waals surface area contributed by atoms with Crippen molar-refractivity contribution in [2.75, 3.05) is 36.8 Å². The first-order valence-corrected chi connectivity index (χ1v) is 13.1. The summed E-state index contributed by atoms with van der Waals surface area (Å²) in [6.07, 6.45) is 3.38. The van der Waals surface area contributed by atoms with Crippen LogP contribution in [0.1, 0.15) is 34.0 Å². The fourth-order valence-electron chi connectivity index (χ4n) is 5.23. The Kier molecular flexibility index (Phi) is 5.91. The third kappa shape index (κ3) is 4.02. The van der Waals surface area contributed by atoms with Gasteiger partial charge in [0.25, 0.3) is 5.91 Å². The molecule has 1 fully saturated rings. The van der Waals surface area contributed by atoms with Gasteiger partial charge in [-0.25, -0.2) is 4.98 Å². The summed E-state index contributed by atoms with van der Waals surface area (Å²) in [6.45, 7) is 6.86. The Labute approximate surface area is 213 Å². The van der Waals surface area contributed by atoms with E-state index < -0.39 is 0 Å². The highest BCUT2D eigenvalue weighted by Crippen LogP contribution is 2.41. The zero-order chi connectivity index (χ0) is 24.6. The third-order valence-corrected chi connectivity index (χ3v) is 8.17. The van der Waals surface area contributed by atoms with Crippen molar-refractivity contribution >= 4 is 55.5 Å². The highest BCUT2D eigenvalue weighted by Gasteiger charge is 2.23. The van der Waals surface area contributed by atoms with Crippen LogP contribution < -0.4 is 21.3 Å². The van der Waals surface area contributed by atoms with Crippen LogP contribution in [0.4, 0.5) is 11.4 Å². The summed E-state index contributed by atoms with van der Waals surface area (Å²) in [5.74, 6) is 0.152. The van der Waals surface area contributed by atoms with E-state index in [0.29, 0.717) is 19.0 Å². The number of thiophene rings is 1. The lowest BCUT2D eigenvalue weighted by molar-refractivity contribution is -0.111. The Morgan fingerprint density at radius 2 is 1.89 bits per heavy atom. The number of piperidine rings is 1. The number of carbonyl (C=O) groups is 2. The number of nitrogens with one attached hydrogen (secondary N) is 4. The Morgan fingerprint density at radius 1 is 1.06 bits per heavy atom. The zero-order valence-electron chi connectivity index (χ0n) is 19.8. The van der Waals surface area contributed by atoms with Crippen molar-refractivity contribution in [2.45, 2.75) is 18.8 Å². The molecule has 2 aromatic carbocycles. The molecule has 2 aliphatic rings. The van der Waals surface area contributed by atoms with Crippen molar-refractivity contribution in [3.8, 4) is 11.3 Å². The van der Waals surface area contributed by atoms with Crippen molar-refractivity contribution in [3.05, 3.63) is 65.6 Å². The van der Waals surface area contributed by atoms with E-state index in [2.05, 4.69) is 46.0 Å². The van der Waals surface area contributed by atoms with Gasteiger partial charge in [-0.05, 0) is 73.8 Å². The monoisotopic (exact) mass is 497 g/mol. The fraction of sp³-hybridized carbons (Fsp3) is 0.250. The lowest BCUT2D eigenvalue weighted by Gasteiger charge is -2.25. The Bertz CT molecular complexity index is 1520. The molecule has 1 saturated heterocycles. The van der Waals surface area contributed by atoms with E-state index in [4.69, 9.17) is 4.98 Å². The van der Waals surface area contributed by atoms with Crippen molar-refractivity contribution in [3.63, 3.8) is 0 Å². The van der Waals surface area contributed by atoms with Crippen LogP contribution >= 0.6 is 11.3 Å². The van der Waals surface area contributed by atoms with Crippen molar-refractivity contribution in [2.24, 2.45) is 0 Å². The molecule has 0 aliphatic carbocycles. The van der Waals surface area contributed by atoms with Crippen molar-refractivity contribution in [1.82, 2.24) is 15.6 Å². The van der Waals surface area contributed by atoms with Crippen LogP contribution in [0.2, 0.25) is 0 Å². The molecule has 0 bridgehead atoms. The van der Waals surface area contributed by atoms with Crippen LogP contribution in [0.3, 0.4) is 0 Å². The van der Waals surface area contributed by atoms with Crippen molar-refractivity contribution < 1.29 is 9.59 Å². The summed E-state index contributed by atoms with van der Waals surface area (Å²) in [5, 5.41) is 14.9. The second kappa shape index (κ2) is 9.37. The second-order valence-corrected chi connectivity index (χ2v) is 10.3. The molecule has 36 heavy (non-hydrogen) atoms. The molecule has 4 N–H and O–H groups in total. The average Bonchev–Trinajstić information content (AvgIpc) is 3.20. The number of rotatable bonds is 4. The molecular weight excluding hydrogens is 470 g/mol. The number of anilines is 2. The number of aromatic nitrogens is 1. The van der Waals surface area contributed by atoms with E-state index in [-0.39, 0.29) is 11.8 Å². The molecule has 4 heterocycles. The molecule has 2 amide bonds. The van der Waals surface area contributed by atoms with E-state index in [9.17, 15) is 9.59 Å². The number of carbonyl (C=O) groups excluding carboxylic acids is 2.